The van der Waals surface area contributed by atoms with E-state index in [9.17, 15) is 4.79 Å². The van der Waals surface area contributed by atoms with Crippen molar-refractivity contribution in [2.24, 2.45) is 5.92 Å². The predicted molar refractivity (Wildman–Crippen MR) is 61.6 cm³/mol. The maximum atomic E-state index is 12.3. The number of carbonyl (C=O) groups is 1. The zero-order chi connectivity index (χ0) is 11.0. The summed E-state index contributed by atoms with van der Waals surface area (Å²) < 4.78 is 5.28. The topological polar surface area (TPSA) is 38.3 Å². The highest BCUT2D eigenvalue weighted by atomic mass is 16.5. The van der Waals surface area contributed by atoms with Crippen molar-refractivity contribution in [2.75, 3.05) is 25.1 Å². The Labute approximate surface area is 94.8 Å². The van der Waals surface area contributed by atoms with Crippen LogP contribution in [0.4, 0.5) is 5.69 Å². The van der Waals surface area contributed by atoms with Gasteiger partial charge in [0.25, 0.3) is 0 Å². The molecule has 0 aromatic heterocycles. The molecule has 3 rings (SSSR count). The van der Waals surface area contributed by atoms with Gasteiger partial charge in [-0.3, -0.25) is 4.79 Å². The third kappa shape index (κ3) is 1.52. The molecule has 0 radical (unpaired) electrons. The van der Waals surface area contributed by atoms with E-state index < -0.39 is 0 Å². The highest BCUT2D eigenvalue weighted by molar-refractivity contribution is 5.91. The molecule has 1 aromatic rings. The van der Waals surface area contributed by atoms with Crippen molar-refractivity contribution in [1.29, 1.82) is 0 Å². The summed E-state index contributed by atoms with van der Waals surface area (Å²) in [5, 5.41) is 3.29. The van der Waals surface area contributed by atoms with E-state index >= 15 is 0 Å². The molecule has 84 valence electrons. The quantitative estimate of drug-likeness (QED) is 0.821. The maximum Gasteiger partial charge on any atom is 0.147 e. The molecule has 2 heterocycles. The van der Waals surface area contributed by atoms with Gasteiger partial charge in [0, 0.05) is 24.8 Å². The fourth-order valence-corrected chi connectivity index (χ4v) is 2.58. The Hall–Kier alpha value is -1.35. The Balaban J connectivity index is 1.84. The second-order valence-electron chi connectivity index (χ2n) is 4.48. The van der Waals surface area contributed by atoms with Crippen molar-refractivity contribution in [2.45, 2.75) is 12.3 Å². The van der Waals surface area contributed by atoms with E-state index in [1.807, 2.05) is 24.3 Å². The van der Waals surface area contributed by atoms with E-state index in [1.165, 1.54) is 0 Å². The minimum absolute atomic E-state index is 0.0305. The summed E-state index contributed by atoms with van der Waals surface area (Å²) in [5.41, 5.74) is 2.26. The van der Waals surface area contributed by atoms with Crippen LogP contribution < -0.4 is 5.32 Å². The number of Topliss-reactive ketones (excluding diaryl/α,β-unsaturated/α-hetero) is 1. The molecule has 0 saturated carbocycles. The largest absolute Gasteiger partial charge is 0.384 e. The lowest BCUT2D eigenvalue weighted by atomic mass is 9.88. The molecule has 0 spiro atoms. The summed E-state index contributed by atoms with van der Waals surface area (Å²) in [4.78, 5) is 12.3. The van der Waals surface area contributed by atoms with E-state index in [0.29, 0.717) is 12.4 Å². The first-order chi connectivity index (χ1) is 7.86. The van der Waals surface area contributed by atoms with Gasteiger partial charge in [-0.2, -0.15) is 0 Å². The lowest BCUT2D eigenvalue weighted by Crippen LogP contribution is -2.23. The molecule has 2 aliphatic heterocycles. The zero-order valence-electron chi connectivity index (χ0n) is 9.11. The molecular formula is C13H15NO2. The molecule has 3 nitrogen and oxygen atoms in total. The fraction of sp³-hybridized carbons (Fsp3) is 0.462. The van der Waals surface area contributed by atoms with Crippen molar-refractivity contribution in [3.63, 3.8) is 0 Å². The predicted octanol–water partition coefficient (Wildman–Crippen LogP) is 1.80. The lowest BCUT2D eigenvalue weighted by molar-refractivity contribution is -0.123. The monoisotopic (exact) mass is 217 g/mol. The summed E-state index contributed by atoms with van der Waals surface area (Å²) in [5.74, 6) is 0.482. The van der Waals surface area contributed by atoms with Crippen LogP contribution in [0.25, 0.3) is 0 Å². The second kappa shape index (κ2) is 3.91. The molecule has 1 fully saturated rings. The highest BCUT2D eigenvalue weighted by Crippen LogP contribution is 2.34. The Morgan fingerprint density at radius 2 is 2.25 bits per heavy atom. The number of rotatable bonds is 2. The number of ketones is 1. The molecule has 0 bridgehead atoms. The first-order valence-corrected chi connectivity index (χ1v) is 5.80. The number of hydrogen-bond donors (Lipinski definition) is 1. The summed E-state index contributed by atoms with van der Waals surface area (Å²) in [6.07, 6.45) is 0.886. The number of nitrogens with one attached hydrogen (secondary N) is 1. The van der Waals surface area contributed by atoms with Crippen molar-refractivity contribution in [3.05, 3.63) is 29.8 Å². The van der Waals surface area contributed by atoms with E-state index in [0.717, 1.165) is 30.8 Å². The molecule has 0 amide bonds. The van der Waals surface area contributed by atoms with Crippen LogP contribution in [0.3, 0.4) is 0 Å². The van der Waals surface area contributed by atoms with Crippen LogP contribution in [0.15, 0.2) is 24.3 Å². The molecule has 0 aliphatic carbocycles. The Morgan fingerprint density at radius 1 is 1.38 bits per heavy atom. The van der Waals surface area contributed by atoms with E-state index in [4.69, 9.17) is 4.74 Å². The molecule has 2 aliphatic rings. The van der Waals surface area contributed by atoms with Gasteiger partial charge in [-0.05, 0) is 18.1 Å². The van der Waals surface area contributed by atoms with E-state index in [1.54, 1.807) is 0 Å². The standard InChI is InChI=1S/C13H15NO2/c15-13(9-5-6-16-8-9)11-7-14-12-4-2-1-3-10(11)12/h1-4,9,11,14H,5-8H2. The molecular weight excluding hydrogens is 202 g/mol. The fourth-order valence-electron chi connectivity index (χ4n) is 2.58. The Morgan fingerprint density at radius 3 is 3.06 bits per heavy atom. The van der Waals surface area contributed by atoms with Crippen molar-refractivity contribution < 1.29 is 9.53 Å². The lowest BCUT2D eigenvalue weighted by Gasteiger charge is -2.13. The van der Waals surface area contributed by atoms with Gasteiger partial charge in [-0.1, -0.05) is 18.2 Å². The van der Waals surface area contributed by atoms with Crippen molar-refractivity contribution in [1.82, 2.24) is 0 Å². The maximum absolute atomic E-state index is 12.3. The molecule has 16 heavy (non-hydrogen) atoms. The zero-order valence-corrected chi connectivity index (χ0v) is 9.11. The second-order valence-corrected chi connectivity index (χ2v) is 4.48. The third-order valence-electron chi connectivity index (χ3n) is 3.51. The summed E-state index contributed by atoms with van der Waals surface area (Å²) in [7, 11) is 0. The third-order valence-corrected chi connectivity index (χ3v) is 3.51. The van der Waals surface area contributed by atoms with E-state index in [-0.39, 0.29) is 11.8 Å². The average molecular weight is 217 g/mol. The van der Waals surface area contributed by atoms with Crippen LogP contribution in [0, 0.1) is 5.92 Å². The van der Waals surface area contributed by atoms with Gasteiger partial charge in [-0.15, -0.1) is 0 Å². The van der Waals surface area contributed by atoms with Crippen LogP contribution in [0.5, 0.6) is 0 Å². The summed E-state index contributed by atoms with van der Waals surface area (Å²) >= 11 is 0. The van der Waals surface area contributed by atoms with Gasteiger partial charge in [0.05, 0.1) is 12.5 Å². The number of fused-ring (bicyclic) bond motifs is 1. The highest BCUT2D eigenvalue weighted by Gasteiger charge is 2.34. The first kappa shape index (κ1) is 9.85. The number of para-hydroxylation sites is 1. The Kier molecular flexibility index (Phi) is 2.40. The molecule has 3 heteroatoms. The molecule has 2 atom stereocenters. The minimum atomic E-state index is 0.0305. The normalized spacial score (nSPS) is 27.5. The number of benzene rings is 1. The number of carbonyl (C=O) groups excluding carboxylic acids is 1. The molecule has 1 aromatic carbocycles. The van der Waals surface area contributed by atoms with Crippen molar-refractivity contribution in [3.8, 4) is 0 Å². The van der Waals surface area contributed by atoms with Crippen molar-refractivity contribution >= 4 is 11.5 Å². The number of ether oxygens (including phenoxy) is 1. The minimum Gasteiger partial charge on any atom is -0.384 e. The van der Waals surface area contributed by atoms with E-state index in [2.05, 4.69) is 5.32 Å². The molecule has 1 saturated heterocycles. The van der Waals surface area contributed by atoms with Crippen LogP contribution in [-0.2, 0) is 9.53 Å². The average Bonchev–Trinajstić information content (AvgIpc) is 2.98. The van der Waals surface area contributed by atoms with Gasteiger partial charge < -0.3 is 10.1 Å². The summed E-state index contributed by atoms with van der Waals surface area (Å²) in [6, 6.07) is 8.08. The first-order valence-electron chi connectivity index (χ1n) is 5.80. The van der Waals surface area contributed by atoms with Gasteiger partial charge in [-0.25, -0.2) is 0 Å². The number of anilines is 1. The molecule has 2 unspecified atom stereocenters. The van der Waals surface area contributed by atoms with Crippen LogP contribution in [0.2, 0.25) is 0 Å². The van der Waals surface area contributed by atoms with Crippen LogP contribution >= 0.6 is 0 Å². The van der Waals surface area contributed by atoms with Gasteiger partial charge >= 0.3 is 0 Å². The SMILES string of the molecule is O=C(C1CCOC1)C1CNc2ccccc21. The van der Waals surface area contributed by atoms with Crippen LogP contribution in [0.1, 0.15) is 17.9 Å². The van der Waals surface area contributed by atoms with Crippen LogP contribution in [-0.4, -0.2) is 25.5 Å². The molecule has 1 N–H and O–H groups in total. The van der Waals surface area contributed by atoms with Gasteiger partial charge in [0.15, 0.2) is 0 Å². The smallest absolute Gasteiger partial charge is 0.147 e. The Bertz CT molecular complexity index is 410. The number of hydrogen-bond acceptors (Lipinski definition) is 3. The summed E-state index contributed by atoms with van der Waals surface area (Å²) in [6.45, 7) is 2.09. The van der Waals surface area contributed by atoms with Gasteiger partial charge in [0.2, 0.25) is 0 Å². The van der Waals surface area contributed by atoms with Gasteiger partial charge in [0.1, 0.15) is 5.78 Å².